The Bertz CT molecular complexity index is 805. The Morgan fingerprint density at radius 2 is 1.79 bits per heavy atom. The molecule has 0 aliphatic rings. The van der Waals surface area contributed by atoms with Crippen molar-refractivity contribution in [2.75, 3.05) is 25.5 Å². The SMILES string of the molecule is COc1cc(C)c(S(=O)(=O)NCCNc2ccc(C)nn2)cc1C. The molecule has 0 radical (unpaired) electrons. The molecule has 24 heavy (non-hydrogen) atoms. The minimum atomic E-state index is -3.58. The second-order valence-corrected chi connectivity index (χ2v) is 7.21. The molecule has 2 aromatic rings. The molecule has 8 heteroatoms. The van der Waals surface area contributed by atoms with E-state index in [4.69, 9.17) is 4.74 Å². The van der Waals surface area contributed by atoms with Crippen LogP contribution in [0.4, 0.5) is 5.82 Å². The number of aryl methyl sites for hydroxylation is 3. The van der Waals surface area contributed by atoms with Gasteiger partial charge in [-0.3, -0.25) is 0 Å². The third-order valence-corrected chi connectivity index (χ3v) is 5.11. The lowest BCUT2D eigenvalue weighted by molar-refractivity contribution is 0.411. The van der Waals surface area contributed by atoms with Gasteiger partial charge in [-0.1, -0.05) is 0 Å². The van der Waals surface area contributed by atoms with Crippen LogP contribution < -0.4 is 14.8 Å². The fourth-order valence-corrected chi connectivity index (χ4v) is 3.56. The molecule has 130 valence electrons. The average Bonchev–Trinajstić information content (AvgIpc) is 2.55. The lowest BCUT2D eigenvalue weighted by Crippen LogP contribution is -2.29. The number of nitrogens with one attached hydrogen (secondary N) is 2. The summed E-state index contributed by atoms with van der Waals surface area (Å²) in [5.74, 6) is 1.28. The number of rotatable bonds is 7. The summed E-state index contributed by atoms with van der Waals surface area (Å²) >= 11 is 0. The molecule has 0 bridgehead atoms. The van der Waals surface area contributed by atoms with Gasteiger partial charge in [-0.15, -0.1) is 5.10 Å². The zero-order chi connectivity index (χ0) is 17.7. The van der Waals surface area contributed by atoms with E-state index in [1.807, 2.05) is 19.9 Å². The second-order valence-electron chi connectivity index (χ2n) is 5.47. The van der Waals surface area contributed by atoms with Gasteiger partial charge in [-0.25, -0.2) is 13.1 Å². The van der Waals surface area contributed by atoms with Crippen molar-refractivity contribution in [3.05, 3.63) is 41.1 Å². The van der Waals surface area contributed by atoms with E-state index in [1.165, 1.54) is 0 Å². The Morgan fingerprint density at radius 3 is 2.42 bits per heavy atom. The van der Waals surface area contributed by atoms with Crippen LogP contribution in [0.1, 0.15) is 16.8 Å². The van der Waals surface area contributed by atoms with Gasteiger partial charge in [0.2, 0.25) is 10.0 Å². The Kier molecular flexibility index (Phi) is 5.74. The predicted molar refractivity (Wildman–Crippen MR) is 92.9 cm³/mol. The van der Waals surface area contributed by atoms with Crippen LogP contribution in [0.2, 0.25) is 0 Å². The highest BCUT2D eigenvalue weighted by atomic mass is 32.2. The van der Waals surface area contributed by atoms with E-state index >= 15 is 0 Å². The standard InChI is InChI=1S/C16H22N4O3S/c1-11-10-15(12(2)9-14(11)23-4)24(21,22)18-8-7-17-16-6-5-13(3)19-20-16/h5-6,9-10,18H,7-8H2,1-4H3,(H,17,20). The number of benzene rings is 1. The lowest BCUT2D eigenvalue weighted by Gasteiger charge is -2.13. The topological polar surface area (TPSA) is 93.2 Å². The zero-order valence-electron chi connectivity index (χ0n) is 14.3. The summed E-state index contributed by atoms with van der Waals surface area (Å²) in [6, 6.07) is 6.98. The molecule has 0 saturated carbocycles. The molecule has 0 unspecified atom stereocenters. The quantitative estimate of drug-likeness (QED) is 0.740. The zero-order valence-corrected chi connectivity index (χ0v) is 15.1. The predicted octanol–water partition coefficient (Wildman–Crippen LogP) is 1.80. The minimum Gasteiger partial charge on any atom is -0.496 e. The minimum absolute atomic E-state index is 0.238. The first-order valence-corrected chi connectivity index (χ1v) is 9.01. The van der Waals surface area contributed by atoms with Crippen LogP contribution in [0.15, 0.2) is 29.2 Å². The van der Waals surface area contributed by atoms with Gasteiger partial charge in [0.15, 0.2) is 0 Å². The Morgan fingerprint density at radius 1 is 1.04 bits per heavy atom. The summed E-state index contributed by atoms with van der Waals surface area (Å²) in [6.45, 7) is 6.06. The van der Waals surface area contributed by atoms with Gasteiger partial charge in [-0.05, 0) is 56.2 Å². The maximum Gasteiger partial charge on any atom is 0.240 e. The van der Waals surface area contributed by atoms with Crippen LogP contribution in [0.5, 0.6) is 5.75 Å². The van der Waals surface area contributed by atoms with Gasteiger partial charge in [-0.2, -0.15) is 5.10 Å². The molecule has 2 rings (SSSR count). The third kappa shape index (κ3) is 4.42. The van der Waals surface area contributed by atoms with Gasteiger partial charge in [0.05, 0.1) is 17.7 Å². The molecular formula is C16H22N4O3S. The van der Waals surface area contributed by atoms with E-state index in [0.717, 1.165) is 11.3 Å². The van der Waals surface area contributed by atoms with Crippen molar-refractivity contribution < 1.29 is 13.2 Å². The lowest BCUT2D eigenvalue weighted by atomic mass is 10.1. The van der Waals surface area contributed by atoms with E-state index < -0.39 is 10.0 Å². The van der Waals surface area contributed by atoms with E-state index in [1.54, 1.807) is 32.2 Å². The van der Waals surface area contributed by atoms with E-state index in [2.05, 4.69) is 20.2 Å². The molecule has 0 fully saturated rings. The number of methoxy groups -OCH3 is 1. The molecular weight excluding hydrogens is 328 g/mol. The number of anilines is 1. The number of hydrogen-bond acceptors (Lipinski definition) is 6. The van der Waals surface area contributed by atoms with Crippen molar-refractivity contribution in [2.45, 2.75) is 25.7 Å². The van der Waals surface area contributed by atoms with Crippen molar-refractivity contribution >= 4 is 15.8 Å². The molecule has 0 spiro atoms. The van der Waals surface area contributed by atoms with Crippen LogP contribution in [0, 0.1) is 20.8 Å². The Labute approximate surface area is 142 Å². The molecule has 0 aliphatic carbocycles. The highest BCUT2D eigenvalue weighted by Gasteiger charge is 2.18. The fraction of sp³-hybridized carbons (Fsp3) is 0.375. The number of hydrogen-bond donors (Lipinski definition) is 2. The number of sulfonamides is 1. The maximum atomic E-state index is 12.5. The summed E-state index contributed by atoms with van der Waals surface area (Å²) in [5.41, 5.74) is 2.24. The molecule has 0 amide bonds. The molecule has 1 aromatic heterocycles. The smallest absolute Gasteiger partial charge is 0.240 e. The fourth-order valence-electron chi connectivity index (χ4n) is 2.22. The summed E-state index contributed by atoms with van der Waals surface area (Å²) in [7, 11) is -2.02. The summed E-state index contributed by atoms with van der Waals surface area (Å²) in [4.78, 5) is 0.260. The Balaban J connectivity index is 1.98. The first-order chi connectivity index (χ1) is 11.3. The van der Waals surface area contributed by atoms with Crippen LogP contribution in [0.25, 0.3) is 0 Å². The average molecular weight is 350 g/mol. The molecule has 0 aliphatic heterocycles. The number of aromatic nitrogens is 2. The maximum absolute atomic E-state index is 12.5. The monoisotopic (exact) mass is 350 g/mol. The molecule has 1 heterocycles. The van der Waals surface area contributed by atoms with Crippen LogP contribution in [-0.4, -0.2) is 38.8 Å². The van der Waals surface area contributed by atoms with Crippen LogP contribution in [0.3, 0.4) is 0 Å². The third-order valence-electron chi connectivity index (χ3n) is 3.50. The van der Waals surface area contributed by atoms with Gasteiger partial charge in [0.25, 0.3) is 0 Å². The second kappa shape index (κ2) is 7.59. The summed E-state index contributed by atoms with van der Waals surface area (Å²) in [5, 5.41) is 10.9. The van der Waals surface area contributed by atoms with Crippen LogP contribution >= 0.6 is 0 Å². The number of nitrogens with zero attached hydrogens (tertiary/aromatic N) is 2. The first-order valence-electron chi connectivity index (χ1n) is 7.52. The molecule has 7 nitrogen and oxygen atoms in total. The molecule has 2 N–H and O–H groups in total. The summed E-state index contributed by atoms with van der Waals surface area (Å²) < 4.78 is 32.7. The van der Waals surface area contributed by atoms with Gasteiger partial charge in [0.1, 0.15) is 11.6 Å². The van der Waals surface area contributed by atoms with Crippen molar-refractivity contribution in [3.63, 3.8) is 0 Å². The van der Waals surface area contributed by atoms with E-state index in [9.17, 15) is 8.42 Å². The molecule has 0 saturated heterocycles. The van der Waals surface area contributed by atoms with Crippen molar-refractivity contribution in [1.29, 1.82) is 0 Å². The first kappa shape index (κ1) is 18.2. The number of ether oxygens (including phenoxy) is 1. The van der Waals surface area contributed by atoms with E-state index in [0.29, 0.717) is 23.7 Å². The van der Waals surface area contributed by atoms with Crippen LogP contribution in [-0.2, 0) is 10.0 Å². The van der Waals surface area contributed by atoms with Crippen molar-refractivity contribution in [2.24, 2.45) is 0 Å². The summed E-state index contributed by atoms with van der Waals surface area (Å²) in [6.07, 6.45) is 0. The van der Waals surface area contributed by atoms with Gasteiger partial charge >= 0.3 is 0 Å². The van der Waals surface area contributed by atoms with Gasteiger partial charge < -0.3 is 10.1 Å². The van der Waals surface area contributed by atoms with E-state index in [-0.39, 0.29) is 11.4 Å². The van der Waals surface area contributed by atoms with Crippen molar-refractivity contribution in [1.82, 2.24) is 14.9 Å². The van der Waals surface area contributed by atoms with Crippen molar-refractivity contribution in [3.8, 4) is 5.75 Å². The normalized spacial score (nSPS) is 11.3. The highest BCUT2D eigenvalue weighted by Crippen LogP contribution is 2.25. The molecule has 0 atom stereocenters. The highest BCUT2D eigenvalue weighted by molar-refractivity contribution is 7.89. The van der Waals surface area contributed by atoms with Gasteiger partial charge in [0, 0.05) is 13.1 Å². The Hall–Kier alpha value is -2.19. The molecule has 1 aromatic carbocycles. The largest absolute Gasteiger partial charge is 0.496 e.